The van der Waals surface area contributed by atoms with Crippen molar-refractivity contribution in [3.05, 3.63) is 71.1 Å². The van der Waals surface area contributed by atoms with Crippen molar-refractivity contribution in [3.63, 3.8) is 0 Å². The zero-order valence-corrected chi connectivity index (χ0v) is 13.6. The van der Waals surface area contributed by atoms with Gasteiger partial charge in [0, 0.05) is 9.80 Å². The first kappa shape index (κ1) is 15.4. The summed E-state index contributed by atoms with van der Waals surface area (Å²) in [5.74, 6) is 0. The van der Waals surface area contributed by atoms with E-state index in [2.05, 4.69) is 30.3 Å². The maximum absolute atomic E-state index is 11.2. The lowest BCUT2D eigenvalue weighted by molar-refractivity contribution is 0.0485. The third kappa shape index (κ3) is 3.82. The molecule has 1 aliphatic carbocycles. The lowest BCUT2D eigenvalue weighted by Crippen LogP contribution is -2.32. The van der Waals surface area contributed by atoms with Gasteiger partial charge < -0.3 is 5.11 Å². The van der Waals surface area contributed by atoms with Gasteiger partial charge in [-0.2, -0.15) is 0 Å². The van der Waals surface area contributed by atoms with E-state index in [4.69, 9.17) is 0 Å². The van der Waals surface area contributed by atoms with Gasteiger partial charge in [0.1, 0.15) is 0 Å². The fraction of sp³-hybridized carbons (Fsp3) is 0.300. The summed E-state index contributed by atoms with van der Waals surface area (Å²) in [5, 5.41) is 11.2. The summed E-state index contributed by atoms with van der Waals surface area (Å²) in [6.45, 7) is 0. The molecule has 0 aliphatic heterocycles. The third-order valence-corrected chi connectivity index (χ3v) is 5.43. The van der Waals surface area contributed by atoms with Crippen LogP contribution in [0.3, 0.4) is 0 Å². The van der Waals surface area contributed by atoms with Crippen LogP contribution in [0.1, 0.15) is 37.7 Å². The Balaban J connectivity index is 1.93. The molecule has 114 valence electrons. The molecule has 0 saturated heterocycles. The highest BCUT2D eigenvalue weighted by Gasteiger charge is 2.33. The number of thioether (sulfide) groups is 1. The van der Waals surface area contributed by atoms with E-state index >= 15 is 0 Å². The Bertz CT molecular complexity index is 613. The molecule has 1 N–H and O–H groups in total. The molecule has 3 rings (SSSR count). The Morgan fingerprint density at radius 2 is 1.45 bits per heavy atom. The SMILES string of the molecule is OC1(/C(=C/c2ccccc2)Sc2ccccc2)CCCCC1. The first-order chi connectivity index (χ1) is 10.8. The molecule has 0 unspecified atom stereocenters. The smallest absolute Gasteiger partial charge is 0.0958 e. The van der Waals surface area contributed by atoms with Crippen LogP contribution in [-0.2, 0) is 0 Å². The maximum Gasteiger partial charge on any atom is 0.0958 e. The second kappa shape index (κ2) is 7.17. The van der Waals surface area contributed by atoms with Gasteiger partial charge >= 0.3 is 0 Å². The van der Waals surface area contributed by atoms with E-state index in [1.54, 1.807) is 11.8 Å². The van der Waals surface area contributed by atoms with Crippen molar-refractivity contribution in [2.24, 2.45) is 0 Å². The van der Waals surface area contributed by atoms with E-state index in [9.17, 15) is 5.11 Å². The zero-order valence-electron chi connectivity index (χ0n) is 12.7. The quantitative estimate of drug-likeness (QED) is 0.751. The molecule has 1 nitrogen and oxygen atoms in total. The Hall–Kier alpha value is -1.51. The highest BCUT2D eigenvalue weighted by molar-refractivity contribution is 8.03. The minimum absolute atomic E-state index is 0.672. The zero-order chi connectivity index (χ0) is 15.3. The van der Waals surface area contributed by atoms with Gasteiger partial charge in [0.15, 0.2) is 0 Å². The summed E-state index contributed by atoms with van der Waals surface area (Å²) in [5.41, 5.74) is 0.481. The van der Waals surface area contributed by atoms with Gasteiger partial charge in [-0.3, -0.25) is 0 Å². The lowest BCUT2D eigenvalue weighted by Gasteiger charge is -2.34. The number of rotatable bonds is 4. The minimum Gasteiger partial charge on any atom is -0.385 e. The fourth-order valence-electron chi connectivity index (χ4n) is 2.96. The molecule has 0 amide bonds. The van der Waals surface area contributed by atoms with E-state index < -0.39 is 5.60 Å². The molecule has 2 heteroatoms. The summed E-state index contributed by atoms with van der Waals surface area (Å²) in [6.07, 6.45) is 7.34. The summed E-state index contributed by atoms with van der Waals surface area (Å²) >= 11 is 1.70. The van der Waals surface area contributed by atoms with E-state index in [0.717, 1.165) is 36.2 Å². The van der Waals surface area contributed by atoms with Crippen molar-refractivity contribution in [1.82, 2.24) is 0 Å². The van der Waals surface area contributed by atoms with Crippen molar-refractivity contribution < 1.29 is 5.11 Å². The molecule has 1 fully saturated rings. The molecule has 0 spiro atoms. The van der Waals surface area contributed by atoms with E-state index in [-0.39, 0.29) is 0 Å². The topological polar surface area (TPSA) is 20.2 Å². The van der Waals surface area contributed by atoms with E-state index in [1.807, 2.05) is 36.4 Å². The predicted octanol–water partition coefficient (Wildman–Crippen LogP) is 5.52. The van der Waals surface area contributed by atoms with Crippen LogP contribution in [-0.4, -0.2) is 10.7 Å². The predicted molar refractivity (Wildman–Crippen MR) is 94.8 cm³/mol. The maximum atomic E-state index is 11.2. The second-order valence-corrected chi connectivity index (χ2v) is 7.04. The number of hydrogen-bond donors (Lipinski definition) is 1. The van der Waals surface area contributed by atoms with Gasteiger partial charge in [0.05, 0.1) is 5.60 Å². The van der Waals surface area contributed by atoms with Crippen LogP contribution >= 0.6 is 11.8 Å². The summed E-state index contributed by atoms with van der Waals surface area (Å²) < 4.78 is 0. The Kier molecular flexibility index (Phi) is 5.01. The van der Waals surface area contributed by atoms with Gasteiger partial charge in [-0.15, -0.1) is 0 Å². The minimum atomic E-state index is -0.672. The monoisotopic (exact) mass is 310 g/mol. The van der Waals surface area contributed by atoms with Crippen molar-refractivity contribution >= 4 is 17.8 Å². The summed E-state index contributed by atoms with van der Waals surface area (Å²) in [6, 6.07) is 20.6. The average Bonchev–Trinajstić information content (AvgIpc) is 2.57. The molecule has 2 aromatic carbocycles. The van der Waals surface area contributed by atoms with E-state index in [0.29, 0.717) is 0 Å². The van der Waals surface area contributed by atoms with Gasteiger partial charge in [-0.25, -0.2) is 0 Å². The fourth-order valence-corrected chi connectivity index (χ4v) is 4.09. The van der Waals surface area contributed by atoms with Crippen molar-refractivity contribution in [2.45, 2.75) is 42.6 Å². The standard InChI is InChI=1S/C20H22OS/c21-20(14-8-3-9-15-20)19(16-17-10-4-1-5-11-17)22-18-12-6-2-7-13-18/h1-2,4-7,10-13,16,21H,3,8-9,14-15H2/b19-16-. The molecule has 2 aromatic rings. The van der Waals surface area contributed by atoms with Gasteiger partial charge in [-0.05, 0) is 36.6 Å². The van der Waals surface area contributed by atoms with Crippen LogP contribution in [0.5, 0.6) is 0 Å². The molecule has 0 bridgehead atoms. The Morgan fingerprint density at radius 3 is 2.09 bits per heavy atom. The van der Waals surface area contributed by atoms with Crippen LogP contribution in [0, 0.1) is 0 Å². The first-order valence-electron chi connectivity index (χ1n) is 7.99. The molecule has 22 heavy (non-hydrogen) atoms. The summed E-state index contributed by atoms with van der Waals surface area (Å²) in [4.78, 5) is 2.26. The van der Waals surface area contributed by atoms with Gasteiger partial charge in [0.25, 0.3) is 0 Å². The highest BCUT2D eigenvalue weighted by Crippen LogP contribution is 2.43. The molecule has 0 heterocycles. The van der Waals surface area contributed by atoms with Crippen LogP contribution in [0.25, 0.3) is 6.08 Å². The van der Waals surface area contributed by atoms with Crippen LogP contribution in [0.4, 0.5) is 0 Å². The van der Waals surface area contributed by atoms with Crippen LogP contribution < -0.4 is 0 Å². The molecule has 0 atom stereocenters. The normalized spacial score (nSPS) is 18.1. The van der Waals surface area contributed by atoms with Gasteiger partial charge in [-0.1, -0.05) is 79.6 Å². The van der Waals surface area contributed by atoms with Crippen molar-refractivity contribution in [1.29, 1.82) is 0 Å². The molecular weight excluding hydrogens is 288 g/mol. The highest BCUT2D eigenvalue weighted by atomic mass is 32.2. The molecular formula is C20H22OS. The average molecular weight is 310 g/mol. The summed E-state index contributed by atoms with van der Waals surface area (Å²) in [7, 11) is 0. The van der Waals surface area contributed by atoms with Crippen molar-refractivity contribution in [3.8, 4) is 0 Å². The Labute approximate surface area is 137 Å². The van der Waals surface area contributed by atoms with Crippen LogP contribution in [0.2, 0.25) is 0 Å². The molecule has 0 radical (unpaired) electrons. The lowest BCUT2D eigenvalue weighted by atomic mass is 9.84. The third-order valence-electron chi connectivity index (χ3n) is 4.21. The Morgan fingerprint density at radius 1 is 0.864 bits per heavy atom. The number of aliphatic hydroxyl groups is 1. The largest absolute Gasteiger partial charge is 0.385 e. The number of hydrogen-bond acceptors (Lipinski definition) is 2. The molecule has 1 saturated carbocycles. The van der Waals surface area contributed by atoms with E-state index in [1.165, 1.54) is 11.3 Å². The van der Waals surface area contributed by atoms with Gasteiger partial charge in [0.2, 0.25) is 0 Å². The molecule has 0 aromatic heterocycles. The van der Waals surface area contributed by atoms with Crippen molar-refractivity contribution in [2.75, 3.05) is 0 Å². The van der Waals surface area contributed by atoms with Crippen LogP contribution in [0.15, 0.2) is 70.5 Å². The number of benzene rings is 2. The first-order valence-corrected chi connectivity index (χ1v) is 8.80. The second-order valence-electron chi connectivity index (χ2n) is 5.93. The molecule has 1 aliphatic rings.